The zero-order chi connectivity index (χ0) is 24.2. The van der Waals surface area contributed by atoms with Crippen LogP contribution in [0.1, 0.15) is 56.3 Å². The van der Waals surface area contributed by atoms with Crippen molar-refractivity contribution in [3.63, 3.8) is 0 Å². The first kappa shape index (κ1) is 23.3. The van der Waals surface area contributed by atoms with Gasteiger partial charge in [-0.3, -0.25) is 0 Å². The first-order valence-electron chi connectivity index (χ1n) is 13.0. The van der Waals surface area contributed by atoms with E-state index in [-0.39, 0.29) is 32.5 Å². The quantitative estimate of drug-likeness (QED) is 0.530. The number of amides is 1. The molecule has 35 heavy (non-hydrogen) atoms. The van der Waals surface area contributed by atoms with Crippen molar-refractivity contribution in [3.05, 3.63) is 35.9 Å². The maximum atomic E-state index is 13.5. The number of piperidine rings is 2. The number of aliphatic hydroxyl groups excluding tert-OH is 1. The Morgan fingerprint density at radius 1 is 1.09 bits per heavy atom. The monoisotopic (exact) mass is 536 g/mol. The molecule has 0 aromatic carbocycles. The third kappa shape index (κ3) is 4.95. The van der Waals surface area contributed by atoms with Gasteiger partial charge < -0.3 is 0 Å². The van der Waals surface area contributed by atoms with E-state index in [0.29, 0.717) is 16.8 Å². The summed E-state index contributed by atoms with van der Waals surface area (Å²) in [5.41, 5.74) is 1.17. The van der Waals surface area contributed by atoms with Crippen molar-refractivity contribution in [1.82, 2.24) is 9.97 Å². The average Bonchev–Trinajstić information content (AvgIpc) is 3.76. The number of aromatic nitrogens is 2. The Labute approximate surface area is 214 Å². The zero-order valence-electron chi connectivity index (χ0n) is 20.7. The Balaban J connectivity index is 1.23. The van der Waals surface area contributed by atoms with Crippen molar-refractivity contribution in [2.75, 3.05) is 47.9 Å². The molecule has 1 spiro atoms. The van der Waals surface area contributed by atoms with Crippen molar-refractivity contribution >= 4 is 43.6 Å². The number of hydrogen-bond acceptors (Lipinski definition) is 6. The Kier molecular flexibility index (Phi) is 5.84. The van der Waals surface area contributed by atoms with Crippen molar-refractivity contribution in [1.29, 1.82) is 0 Å². The molecule has 7 nitrogen and oxygen atoms in total. The average molecular weight is 537 g/mol. The Bertz CT molecular complexity index is 1110. The summed E-state index contributed by atoms with van der Waals surface area (Å²) in [5, 5.41) is 12.8. The van der Waals surface area contributed by atoms with Crippen LogP contribution in [0.2, 0.25) is 4.20 Å². The van der Waals surface area contributed by atoms with Crippen LogP contribution in [-0.4, -0.2) is 69.5 Å². The molecular formula is C27H35AsN5O2. The van der Waals surface area contributed by atoms with Gasteiger partial charge in [0.15, 0.2) is 0 Å². The summed E-state index contributed by atoms with van der Waals surface area (Å²) < 4.78 is 0.844. The molecule has 0 bridgehead atoms. The van der Waals surface area contributed by atoms with Crippen molar-refractivity contribution < 1.29 is 9.90 Å². The number of nitrogens with zero attached hydrogens (tertiary/aromatic N) is 4. The number of carbonyl (C=O) groups excluding carboxylic acids is 1. The molecule has 4 aliphatic rings. The molecule has 2 saturated heterocycles. The molecule has 2 aromatic heterocycles. The molecule has 6 rings (SSSR count). The maximum absolute atomic E-state index is 13.5. The molecule has 4 fully saturated rings. The summed E-state index contributed by atoms with van der Waals surface area (Å²) in [5.74, 6) is 3.84. The van der Waals surface area contributed by atoms with Crippen molar-refractivity contribution in [2.45, 2.75) is 50.2 Å². The molecule has 2 saturated carbocycles. The standard InChI is InChI=1S/C27H35AsN5O2/c1-26(2,17-34)28-21-7-6-20(24(29-21)32-12-10-27(8-9-27)11-13-32)25(35)31-22-4-3-5-23(30-22)33-15-18-14-19(18)16-33/h3-7,18-19,34H,8-17H2,1-2H3,(H,30,31,35)/t18-,19+. The van der Waals surface area contributed by atoms with Gasteiger partial charge in [0.05, 0.1) is 0 Å². The molecule has 1 amide bonds. The van der Waals surface area contributed by atoms with Crippen molar-refractivity contribution in [3.8, 4) is 0 Å². The van der Waals surface area contributed by atoms with E-state index in [4.69, 9.17) is 9.97 Å². The molecular weight excluding hydrogens is 501 g/mol. The number of aliphatic hydroxyl groups is 1. The minimum atomic E-state index is -0.324. The van der Waals surface area contributed by atoms with E-state index in [1.54, 1.807) is 0 Å². The van der Waals surface area contributed by atoms with Gasteiger partial charge in [-0.25, -0.2) is 0 Å². The van der Waals surface area contributed by atoms with E-state index in [2.05, 4.69) is 29.0 Å². The topological polar surface area (TPSA) is 81.6 Å². The predicted octanol–water partition coefficient (Wildman–Crippen LogP) is 3.09. The van der Waals surface area contributed by atoms with Gasteiger partial charge in [0, 0.05) is 0 Å². The zero-order valence-corrected chi connectivity index (χ0v) is 22.6. The summed E-state index contributed by atoms with van der Waals surface area (Å²) in [6.07, 6.45) is 6.40. The minimum absolute atomic E-state index is 0.138. The van der Waals surface area contributed by atoms with Crippen LogP contribution in [-0.2, 0) is 0 Å². The molecule has 2 N–H and O–H groups in total. The Hall–Kier alpha value is -2.11. The van der Waals surface area contributed by atoms with Gasteiger partial charge in [-0.1, -0.05) is 0 Å². The summed E-state index contributed by atoms with van der Waals surface area (Å²) in [7, 11) is 0. The normalized spacial score (nSPS) is 24.8. The molecule has 4 heterocycles. The molecule has 0 unspecified atom stereocenters. The van der Waals surface area contributed by atoms with Crippen LogP contribution < -0.4 is 19.6 Å². The molecule has 2 aliphatic heterocycles. The summed E-state index contributed by atoms with van der Waals surface area (Å²) in [6.45, 7) is 8.34. The fourth-order valence-corrected chi connectivity index (χ4v) is 7.64. The van der Waals surface area contributed by atoms with Crippen LogP contribution in [0, 0.1) is 17.3 Å². The second-order valence-corrected chi connectivity index (χ2v) is 15.6. The number of rotatable bonds is 7. The van der Waals surface area contributed by atoms with Gasteiger partial charge in [-0.15, -0.1) is 0 Å². The number of hydrogen-bond donors (Lipinski definition) is 2. The first-order chi connectivity index (χ1) is 16.8. The van der Waals surface area contributed by atoms with E-state index >= 15 is 0 Å². The third-order valence-electron chi connectivity index (χ3n) is 8.27. The van der Waals surface area contributed by atoms with Gasteiger partial charge in [-0.05, 0) is 6.42 Å². The van der Waals surface area contributed by atoms with Gasteiger partial charge >= 0.3 is 208 Å². The molecule has 2 atom stereocenters. The molecule has 1 radical (unpaired) electrons. The van der Waals surface area contributed by atoms with Gasteiger partial charge in [0.1, 0.15) is 0 Å². The Morgan fingerprint density at radius 2 is 1.83 bits per heavy atom. The SMILES string of the molecule is CC(C)(CO)[As]c1ccc(C(=O)Nc2cccc(N3C[C@H]4C[C@H]4C3)n2)c(N2CCC3(CC2)CC3)n1. The van der Waals surface area contributed by atoms with Crippen LogP contribution in [0.5, 0.6) is 0 Å². The molecule has 2 aromatic rings. The van der Waals surface area contributed by atoms with E-state index in [1.807, 2.05) is 30.3 Å². The van der Waals surface area contributed by atoms with Crippen LogP contribution in [0.15, 0.2) is 30.3 Å². The van der Waals surface area contributed by atoms with Gasteiger partial charge in [0.2, 0.25) is 0 Å². The molecule has 2 aliphatic carbocycles. The number of anilines is 3. The van der Waals surface area contributed by atoms with Crippen LogP contribution in [0.4, 0.5) is 17.5 Å². The Morgan fingerprint density at radius 3 is 2.51 bits per heavy atom. The second-order valence-electron chi connectivity index (χ2n) is 11.6. The number of nitrogens with one attached hydrogen (secondary N) is 1. The van der Waals surface area contributed by atoms with E-state index in [9.17, 15) is 9.90 Å². The van der Waals surface area contributed by atoms with Crippen LogP contribution >= 0.6 is 0 Å². The van der Waals surface area contributed by atoms with Crippen LogP contribution in [0.25, 0.3) is 0 Å². The summed E-state index contributed by atoms with van der Waals surface area (Å²) >= 11 is -0.324. The summed E-state index contributed by atoms with van der Waals surface area (Å²) in [4.78, 5) is 27.9. The first-order valence-corrected chi connectivity index (χ1v) is 14.8. The van der Waals surface area contributed by atoms with E-state index < -0.39 is 0 Å². The fourth-order valence-electron chi connectivity index (χ4n) is 5.57. The van der Waals surface area contributed by atoms with Gasteiger partial charge in [0.25, 0.3) is 0 Å². The van der Waals surface area contributed by atoms with E-state index in [1.165, 1.54) is 32.1 Å². The fraction of sp³-hybridized carbons (Fsp3) is 0.593. The number of pyridine rings is 2. The second kappa shape index (κ2) is 8.77. The predicted molar refractivity (Wildman–Crippen MR) is 140 cm³/mol. The van der Waals surface area contributed by atoms with Gasteiger partial charge in [-0.2, -0.15) is 0 Å². The van der Waals surface area contributed by atoms with Crippen LogP contribution in [0.3, 0.4) is 0 Å². The summed E-state index contributed by atoms with van der Waals surface area (Å²) in [6, 6.07) is 9.78. The molecule has 8 heteroatoms. The number of carbonyl (C=O) groups is 1. The van der Waals surface area contributed by atoms with E-state index in [0.717, 1.165) is 54.1 Å². The molecule has 185 valence electrons. The third-order valence-corrected chi connectivity index (χ3v) is 10.8. The van der Waals surface area contributed by atoms with Crippen molar-refractivity contribution in [2.24, 2.45) is 17.3 Å². The number of fused-ring (bicyclic) bond motifs is 1.